The standard InChI is InChI=1S/C14H17BrN2O2/c15-10-4-1-3-9(7-10)11-8-12(11)14(19)17-6-2-5-13(16)18/h1,3-4,7,11-12H,2,5-6,8H2,(H2,16,18)(H,17,19)/t11-,12-/m1/s1. The summed E-state index contributed by atoms with van der Waals surface area (Å²) in [6.45, 7) is 0.517. The third-order valence-electron chi connectivity index (χ3n) is 3.30. The maximum atomic E-state index is 11.9. The van der Waals surface area contributed by atoms with Gasteiger partial charge in [0.1, 0.15) is 0 Å². The minimum absolute atomic E-state index is 0.0721. The first kappa shape index (κ1) is 14.1. The smallest absolute Gasteiger partial charge is 0.223 e. The van der Waals surface area contributed by atoms with Gasteiger partial charge >= 0.3 is 0 Å². The lowest BCUT2D eigenvalue weighted by atomic mass is 10.1. The molecule has 0 bridgehead atoms. The third kappa shape index (κ3) is 4.06. The van der Waals surface area contributed by atoms with E-state index in [1.54, 1.807) is 0 Å². The molecule has 1 fully saturated rings. The largest absolute Gasteiger partial charge is 0.370 e. The third-order valence-corrected chi connectivity index (χ3v) is 3.80. The maximum Gasteiger partial charge on any atom is 0.223 e. The van der Waals surface area contributed by atoms with Crippen molar-refractivity contribution in [2.75, 3.05) is 6.54 Å². The summed E-state index contributed by atoms with van der Waals surface area (Å²) in [6, 6.07) is 8.07. The van der Waals surface area contributed by atoms with Crippen LogP contribution in [0.3, 0.4) is 0 Å². The number of benzene rings is 1. The molecule has 0 radical (unpaired) electrons. The fourth-order valence-corrected chi connectivity index (χ4v) is 2.61. The number of carbonyl (C=O) groups excluding carboxylic acids is 2. The Balaban J connectivity index is 1.76. The zero-order chi connectivity index (χ0) is 13.8. The first-order valence-corrected chi connectivity index (χ1v) is 7.18. The summed E-state index contributed by atoms with van der Waals surface area (Å²) in [5, 5.41) is 2.86. The first-order valence-electron chi connectivity index (χ1n) is 6.39. The van der Waals surface area contributed by atoms with E-state index in [2.05, 4.69) is 33.4 Å². The predicted molar refractivity (Wildman–Crippen MR) is 76.4 cm³/mol. The number of carbonyl (C=O) groups is 2. The molecule has 2 atom stereocenters. The van der Waals surface area contributed by atoms with Crippen molar-refractivity contribution < 1.29 is 9.59 Å². The van der Waals surface area contributed by atoms with E-state index in [1.807, 2.05) is 12.1 Å². The van der Waals surface area contributed by atoms with E-state index in [0.29, 0.717) is 25.3 Å². The molecule has 1 aliphatic rings. The topological polar surface area (TPSA) is 72.2 Å². The Hall–Kier alpha value is -1.36. The highest BCUT2D eigenvalue weighted by Crippen LogP contribution is 2.47. The molecule has 0 aliphatic heterocycles. The molecular weight excluding hydrogens is 308 g/mol. The van der Waals surface area contributed by atoms with Crippen molar-refractivity contribution in [2.24, 2.45) is 11.7 Å². The summed E-state index contributed by atoms with van der Waals surface area (Å²) < 4.78 is 1.04. The Labute approximate surface area is 120 Å². The molecule has 5 heteroatoms. The number of primary amides is 1. The summed E-state index contributed by atoms with van der Waals surface area (Å²) >= 11 is 3.44. The lowest BCUT2D eigenvalue weighted by molar-refractivity contribution is -0.123. The molecule has 1 aliphatic carbocycles. The monoisotopic (exact) mass is 324 g/mol. The average Bonchev–Trinajstić information content (AvgIpc) is 3.14. The van der Waals surface area contributed by atoms with Crippen molar-refractivity contribution in [1.29, 1.82) is 0 Å². The summed E-state index contributed by atoms with van der Waals surface area (Å²) in [7, 11) is 0. The molecule has 2 amide bonds. The summed E-state index contributed by atoms with van der Waals surface area (Å²) in [6.07, 6.45) is 1.83. The van der Waals surface area contributed by atoms with Gasteiger partial charge in [-0.2, -0.15) is 0 Å². The lowest BCUT2D eigenvalue weighted by Gasteiger charge is -2.04. The van der Waals surface area contributed by atoms with Gasteiger partial charge in [-0.15, -0.1) is 0 Å². The van der Waals surface area contributed by atoms with Gasteiger partial charge in [0.15, 0.2) is 0 Å². The van der Waals surface area contributed by atoms with Crippen molar-refractivity contribution in [3.63, 3.8) is 0 Å². The molecule has 19 heavy (non-hydrogen) atoms. The fraction of sp³-hybridized carbons (Fsp3) is 0.429. The van der Waals surface area contributed by atoms with Gasteiger partial charge in [-0.25, -0.2) is 0 Å². The van der Waals surface area contributed by atoms with Crippen LogP contribution >= 0.6 is 15.9 Å². The summed E-state index contributed by atoms with van der Waals surface area (Å²) in [5.41, 5.74) is 6.24. The van der Waals surface area contributed by atoms with Gasteiger partial charge < -0.3 is 11.1 Å². The second-order valence-electron chi connectivity index (χ2n) is 4.86. The Morgan fingerprint density at radius 3 is 2.89 bits per heavy atom. The van der Waals surface area contributed by atoms with E-state index in [-0.39, 0.29) is 17.7 Å². The van der Waals surface area contributed by atoms with Crippen LogP contribution in [0, 0.1) is 5.92 Å². The van der Waals surface area contributed by atoms with Gasteiger partial charge in [-0.1, -0.05) is 28.1 Å². The molecule has 4 nitrogen and oxygen atoms in total. The van der Waals surface area contributed by atoms with E-state index in [1.165, 1.54) is 5.56 Å². The van der Waals surface area contributed by atoms with E-state index in [9.17, 15) is 9.59 Å². The van der Waals surface area contributed by atoms with Gasteiger partial charge in [-0.3, -0.25) is 9.59 Å². The normalized spacial score (nSPS) is 20.9. The van der Waals surface area contributed by atoms with Crippen LogP contribution in [-0.4, -0.2) is 18.4 Å². The highest BCUT2D eigenvalue weighted by Gasteiger charge is 2.43. The number of rotatable bonds is 6. The van der Waals surface area contributed by atoms with E-state index < -0.39 is 0 Å². The lowest BCUT2D eigenvalue weighted by Crippen LogP contribution is -2.27. The molecule has 1 aromatic rings. The number of hydrogen-bond donors (Lipinski definition) is 2. The maximum absolute atomic E-state index is 11.9. The quantitative estimate of drug-likeness (QED) is 0.785. The van der Waals surface area contributed by atoms with Crippen LogP contribution in [-0.2, 0) is 9.59 Å². The highest BCUT2D eigenvalue weighted by molar-refractivity contribution is 9.10. The predicted octanol–water partition coefficient (Wildman–Crippen LogP) is 1.93. The van der Waals surface area contributed by atoms with Crippen molar-refractivity contribution in [2.45, 2.75) is 25.2 Å². The fourth-order valence-electron chi connectivity index (χ4n) is 2.20. The molecule has 0 heterocycles. The molecule has 0 saturated heterocycles. The number of nitrogens with two attached hydrogens (primary N) is 1. The van der Waals surface area contributed by atoms with Crippen LogP contribution in [0.4, 0.5) is 0 Å². The average molecular weight is 325 g/mol. The molecular formula is C14H17BrN2O2. The molecule has 1 aromatic carbocycles. The Bertz CT molecular complexity index is 490. The minimum atomic E-state index is -0.326. The molecule has 0 aromatic heterocycles. The molecule has 1 saturated carbocycles. The van der Waals surface area contributed by atoms with Crippen LogP contribution in [0.5, 0.6) is 0 Å². The molecule has 0 unspecified atom stereocenters. The Morgan fingerprint density at radius 2 is 2.21 bits per heavy atom. The highest BCUT2D eigenvalue weighted by atomic mass is 79.9. The first-order chi connectivity index (χ1) is 9.08. The van der Waals surface area contributed by atoms with Crippen molar-refractivity contribution in [1.82, 2.24) is 5.32 Å². The number of halogens is 1. The SMILES string of the molecule is NC(=O)CCCNC(=O)[C@@H]1C[C@@H]1c1cccc(Br)c1. The second kappa shape index (κ2) is 6.19. The molecule has 2 rings (SSSR count). The Morgan fingerprint density at radius 1 is 1.42 bits per heavy atom. The van der Waals surface area contributed by atoms with Crippen molar-refractivity contribution in [3.8, 4) is 0 Å². The Kier molecular flexibility index (Phi) is 4.58. The van der Waals surface area contributed by atoms with Crippen LogP contribution in [0.15, 0.2) is 28.7 Å². The molecule has 0 spiro atoms. The number of nitrogens with one attached hydrogen (secondary N) is 1. The van der Waals surface area contributed by atoms with Gasteiger partial charge in [0.05, 0.1) is 0 Å². The van der Waals surface area contributed by atoms with Crippen LogP contribution in [0.2, 0.25) is 0 Å². The minimum Gasteiger partial charge on any atom is -0.370 e. The number of amides is 2. The van der Waals surface area contributed by atoms with Gasteiger partial charge in [0.25, 0.3) is 0 Å². The summed E-state index contributed by atoms with van der Waals surface area (Å²) in [4.78, 5) is 22.4. The molecule has 3 N–H and O–H groups in total. The van der Waals surface area contributed by atoms with Crippen molar-refractivity contribution >= 4 is 27.7 Å². The summed E-state index contributed by atoms with van der Waals surface area (Å²) in [5.74, 6) is 0.152. The van der Waals surface area contributed by atoms with Gasteiger partial charge in [-0.05, 0) is 36.5 Å². The molecule has 102 valence electrons. The van der Waals surface area contributed by atoms with Crippen LogP contribution in [0.1, 0.15) is 30.7 Å². The second-order valence-corrected chi connectivity index (χ2v) is 5.78. The van der Waals surface area contributed by atoms with E-state index in [0.717, 1.165) is 10.9 Å². The number of hydrogen-bond acceptors (Lipinski definition) is 2. The zero-order valence-corrected chi connectivity index (χ0v) is 12.2. The van der Waals surface area contributed by atoms with E-state index in [4.69, 9.17) is 5.73 Å². The van der Waals surface area contributed by atoms with Gasteiger partial charge in [0.2, 0.25) is 11.8 Å². The van der Waals surface area contributed by atoms with Crippen LogP contribution in [0.25, 0.3) is 0 Å². The van der Waals surface area contributed by atoms with E-state index >= 15 is 0 Å². The van der Waals surface area contributed by atoms with Gasteiger partial charge in [0, 0.05) is 23.4 Å². The van der Waals surface area contributed by atoms with Crippen molar-refractivity contribution in [3.05, 3.63) is 34.3 Å². The van der Waals surface area contributed by atoms with Crippen LogP contribution < -0.4 is 11.1 Å². The zero-order valence-electron chi connectivity index (χ0n) is 10.6.